The van der Waals surface area contributed by atoms with E-state index in [2.05, 4.69) is 4.72 Å². The molecule has 2 atom stereocenters. The number of nitrogens with one attached hydrogen (secondary N) is 1. The van der Waals surface area contributed by atoms with Crippen LogP contribution in [0.1, 0.15) is 41.4 Å². The number of hydrogen-bond donors (Lipinski definition) is 2. The summed E-state index contributed by atoms with van der Waals surface area (Å²) < 4.78 is 27.4. The van der Waals surface area contributed by atoms with Crippen LogP contribution in [0.4, 0.5) is 0 Å². The van der Waals surface area contributed by atoms with Crippen LogP contribution in [0.3, 0.4) is 0 Å². The zero-order chi connectivity index (χ0) is 14.2. The van der Waals surface area contributed by atoms with Crippen molar-refractivity contribution in [3.63, 3.8) is 0 Å². The van der Waals surface area contributed by atoms with Gasteiger partial charge < -0.3 is 5.11 Å². The molecule has 19 heavy (non-hydrogen) atoms. The largest absolute Gasteiger partial charge is 0.477 e. The van der Waals surface area contributed by atoms with Crippen molar-refractivity contribution in [3.8, 4) is 0 Å². The van der Waals surface area contributed by atoms with Gasteiger partial charge in [-0.25, -0.2) is 17.9 Å². The molecule has 1 aliphatic rings. The molecule has 2 N–H and O–H groups in total. The molecule has 7 heteroatoms. The summed E-state index contributed by atoms with van der Waals surface area (Å²) in [6, 6.07) is -0.0917. The fourth-order valence-corrected chi connectivity index (χ4v) is 5.50. The number of carboxylic acids is 1. The standard InChI is InChI=1S/C12H17NO4S2/c1-7-4-3-5-9(7)13-19(16,17)11-8(2)6-18-10(11)12(14)15/h6-7,9,13H,3-5H2,1-2H3,(H,14,15). The smallest absolute Gasteiger partial charge is 0.347 e. The molecule has 0 aliphatic heterocycles. The highest BCUT2D eigenvalue weighted by Crippen LogP contribution is 2.30. The number of aryl methyl sites for hydroxylation is 1. The molecule has 106 valence electrons. The number of carbonyl (C=O) groups is 1. The first kappa shape index (κ1) is 14.5. The van der Waals surface area contributed by atoms with Crippen LogP contribution in [0, 0.1) is 12.8 Å². The highest BCUT2D eigenvalue weighted by Gasteiger charge is 2.32. The molecule has 1 heterocycles. The monoisotopic (exact) mass is 303 g/mol. The lowest BCUT2D eigenvalue weighted by atomic mass is 10.1. The van der Waals surface area contributed by atoms with Crippen molar-refractivity contribution >= 4 is 27.3 Å². The van der Waals surface area contributed by atoms with E-state index in [-0.39, 0.29) is 15.8 Å². The molecule has 0 bridgehead atoms. The first-order valence-electron chi connectivity index (χ1n) is 6.16. The molecular weight excluding hydrogens is 286 g/mol. The summed E-state index contributed by atoms with van der Waals surface area (Å²) in [5.74, 6) is -0.903. The molecule has 1 aromatic heterocycles. The Kier molecular flexibility index (Phi) is 3.98. The van der Waals surface area contributed by atoms with Crippen molar-refractivity contribution in [1.29, 1.82) is 0 Å². The first-order chi connectivity index (χ1) is 8.83. The molecule has 0 spiro atoms. The lowest BCUT2D eigenvalue weighted by molar-refractivity contribution is 0.0698. The molecule has 5 nitrogen and oxygen atoms in total. The number of aromatic carboxylic acids is 1. The highest BCUT2D eigenvalue weighted by molar-refractivity contribution is 7.89. The summed E-state index contributed by atoms with van der Waals surface area (Å²) in [6.07, 6.45) is 2.82. The Hall–Kier alpha value is -0.920. The van der Waals surface area contributed by atoms with E-state index in [0.29, 0.717) is 11.5 Å². The third-order valence-corrected chi connectivity index (χ3v) is 6.44. The third kappa shape index (κ3) is 2.82. The van der Waals surface area contributed by atoms with Gasteiger partial charge in [0.15, 0.2) is 0 Å². The van der Waals surface area contributed by atoms with Crippen molar-refractivity contribution in [2.24, 2.45) is 5.92 Å². The minimum absolute atomic E-state index is 0.0795. The second-order valence-electron chi connectivity index (χ2n) is 5.02. The Bertz CT molecular complexity index is 591. The van der Waals surface area contributed by atoms with Gasteiger partial charge in [0, 0.05) is 6.04 Å². The van der Waals surface area contributed by atoms with Gasteiger partial charge in [-0.3, -0.25) is 0 Å². The normalized spacial score (nSPS) is 23.7. The minimum Gasteiger partial charge on any atom is -0.477 e. The van der Waals surface area contributed by atoms with Crippen molar-refractivity contribution in [2.75, 3.05) is 0 Å². The fourth-order valence-electron chi connectivity index (χ4n) is 2.49. The number of hydrogen-bond acceptors (Lipinski definition) is 4. The Morgan fingerprint density at radius 1 is 1.47 bits per heavy atom. The van der Waals surface area contributed by atoms with Crippen molar-refractivity contribution in [1.82, 2.24) is 4.72 Å². The Morgan fingerprint density at radius 2 is 2.16 bits per heavy atom. The zero-order valence-electron chi connectivity index (χ0n) is 10.8. The molecule has 1 aliphatic carbocycles. The summed E-state index contributed by atoms with van der Waals surface area (Å²) in [5.41, 5.74) is 0.487. The summed E-state index contributed by atoms with van der Waals surface area (Å²) in [7, 11) is -3.76. The van der Waals surface area contributed by atoms with Crippen LogP contribution in [-0.4, -0.2) is 25.5 Å². The molecule has 1 fully saturated rings. The van der Waals surface area contributed by atoms with E-state index in [1.165, 1.54) is 0 Å². The van der Waals surface area contributed by atoms with Gasteiger partial charge in [0.05, 0.1) is 0 Å². The topological polar surface area (TPSA) is 83.5 Å². The van der Waals surface area contributed by atoms with Crippen molar-refractivity contribution in [3.05, 3.63) is 15.8 Å². The molecule has 1 aromatic rings. The summed E-state index contributed by atoms with van der Waals surface area (Å²) in [6.45, 7) is 3.63. The lowest BCUT2D eigenvalue weighted by Crippen LogP contribution is -2.37. The van der Waals surface area contributed by atoms with E-state index in [1.807, 2.05) is 6.92 Å². The van der Waals surface area contributed by atoms with Crippen molar-refractivity contribution in [2.45, 2.75) is 44.0 Å². The average molecular weight is 303 g/mol. The predicted molar refractivity (Wildman–Crippen MR) is 73.1 cm³/mol. The SMILES string of the molecule is Cc1csc(C(=O)O)c1S(=O)(=O)NC1CCCC1C. The lowest BCUT2D eigenvalue weighted by Gasteiger charge is -2.17. The molecule has 2 rings (SSSR count). The minimum atomic E-state index is -3.76. The van der Waals surface area contributed by atoms with Crippen LogP contribution in [0.15, 0.2) is 10.3 Å². The summed E-state index contributed by atoms with van der Waals surface area (Å²) in [5, 5.41) is 10.6. The van der Waals surface area contributed by atoms with Crippen LogP contribution in [0.25, 0.3) is 0 Å². The number of rotatable bonds is 4. The zero-order valence-corrected chi connectivity index (χ0v) is 12.5. The van der Waals surface area contributed by atoms with E-state index >= 15 is 0 Å². The first-order valence-corrected chi connectivity index (χ1v) is 8.53. The van der Waals surface area contributed by atoms with Crippen LogP contribution >= 0.6 is 11.3 Å². The summed E-state index contributed by atoms with van der Waals surface area (Å²) >= 11 is 0.951. The Morgan fingerprint density at radius 3 is 2.68 bits per heavy atom. The molecule has 0 aromatic carbocycles. The Labute approximate surface area is 116 Å². The number of thiophene rings is 1. The molecule has 0 saturated heterocycles. The third-order valence-electron chi connectivity index (χ3n) is 3.55. The van der Waals surface area contributed by atoms with E-state index < -0.39 is 16.0 Å². The van der Waals surface area contributed by atoms with Crippen LogP contribution < -0.4 is 4.72 Å². The van der Waals surface area contributed by atoms with Crippen LogP contribution in [0.5, 0.6) is 0 Å². The maximum atomic E-state index is 12.4. The maximum absolute atomic E-state index is 12.4. The second kappa shape index (κ2) is 5.22. The van der Waals surface area contributed by atoms with Crippen molar-refractivity contribution < 1.29 is 18.3 Å². The van der Waals surface area contributed by atoms with Gasteiger partial charge in [-0.1, -0.05) is 13.3 Å². The molecular formula is C12H17NO4S2. The van der Waals surface area contributed by atoms with Gasteiger partial charge in [-0.05, 0) is 36.6 Å². The predicted octanol–water partition coefficient (Wildman–Crippen LogP) is 2.22. The Balaban J connectivity index is 2.34. The van der Waals surface area contributed by atoms with Crippen LogP contribution in [0.2, 0.25) is 0 Å². The number of carboxylic acid groups (broad SMARTS) is 1. The van der Waals surface area contributed by atoms with Gasteiger partial charge in [0.2, 0.25) is 10.0 Å². The van der Waals surface area contributed by atoms with E-state index in [1.54, 1.807) is 12.3 Å². The molecule has 1 saturated carbocycles. The summed E-state index contributed by atoms with van der Waals surface area (Å²) in [4.78, 5) is 10.9. The number of sulfonamides is 1. The molecule has 0 amide bonds. The van der Waals surface area contributed by atoms with E-state index in [0.717, 1.165) is 30.6 Å². The van der Waals surface area contributed by atoms with Crippen LogP contribution in [-0.2, 0) is 10.0 Å². The van der Waals surface area contributed by atoms with Gasteiger partial charge in [-0.15, -0.1) is 11.3 Å². The second-order valence-corrected chi connectivity index (χ2v) is 7.55. The van der Waals surface area contributed by atoms with E-state index in [4.69, 9.17) is 5.11 Å². The fraction of sp³-hybridized carbons (Fsp3) is 0.583. The average Bonchev–Trinajstić information content (AvgIpc) is 2.86. The molecule has 0 radical (unpaired) electrons. The maximum Gasteiger partial charge on any atom is 0.347 e. The van der Waals surface area contributed by atoms with Gasteiger partial charge in [0.1, 0.15) is 9.77 Å². The van der Waals surface area contributed by atoms with E-state index in [9.17, 15) is 13.2 Å². The quantitative estimate of drug-likeness (QED) is 0.893. The van der Waals surface area contributed by atoms with Gasteiger partial charge in [-0.2, -0.15) is 0 Å². The molecule has 2 unspecified atom stereocenters. The highest BCUT2D eigenvalue weighted by atomic mass is 32.2. The van der Waals surface area contributed by atoms with Gasteiger partial charge in [0.25, 0.3) is 0 Å². The van der Waals surface area contributed by atoms with Gasteiger partial charge >= 0.3 is 5.97 Å².